The molecule has 6 nitrogen and oxygen atoms in total. The van der Waals surface area contributed by atoms with E-state index >= 15 is 0 Å². The molecule has 0 saturated carbocycles. The lowest BCUT2D eigenvalue weighted by atomic mass is 10.1. The molecule has 21 heavy (non-hydrogen) atoms. The van der Waals surface area contributed by atoms with Crippen molar-refractivity contribution in [2.24, 2.45) is 0 Å². The molecule has 1 aromatic carbocycles. The number of benzene rings is 1. The van der Waals surface area contributed by atoms with Gasteiger partial charge in [-0.05, 0) is 44.9 Å². The van der Waals surface area contributed by atoms with E-state index in [-0.39, 0.29) is 11.4 Å². The van der Waals surface area contributed by atoms with Crippen LogP contribution in [-0.2, 0) is 16.6 Å². The lowest BCUT2D eigenvalue weighted by Crippen LogP contribution is -2.25. The smallest absolute Gasteiger partial charge is 0.241 e. The van der Waals surface area contributed by atoms with E-state index in [1.54, 1.807) is 39.8 Å². The Kier molecular flexibility index (Phi) is 4.06. The van der Waals surface area contributed by atoms with Crippen LogP contribution in [0, 0.1) is 27.7 Å². The molecular weight excluding hydrogens is 290 g/mol. The van der Waals surface area contributed by atoms with Crippen molar-refractivity contribution in [1.29, 1.82) is 0 Å². The maximum Gasteiger partial charge on any atom is 0.241 e. The summed E-state index contributed by atoms with van der Waals surface area (Å²) in [5, 5.41) is 3.81. The van der Waals surface area contributed by atoms with Crippen LogP contribution in [0.1, 0.15) is 28.1 Å². The van der Waals surface area contributed by atoms with Crippen molar-refractivity contribution in [3.05, 3.63) is 40.3 Å². The number of sulfonamides is 1. The summed E-state index contributed by atoms with van der Waals surface area (Å²) in [4.78, 5) is 0.231. The number of rotatable bonds is 4. The Morgan fingerprint density at radius 3 is 2.48 bits per heavy atom. The van der Waals surface area contributed by atoms with Gasteiger partial charge in [0.25, 0.3) is 0 Å². The van der Waals surface area contributed by atoms with E-state index in [0.29, 0.717) is 28.3 Å². The molecule has 0 amide bonds. The second-order valence-corrected chi connectivity index (χ2v) is 6.76. The molecule has 0 saturated heterocycles. The first kappa shape index (κ1) is 15.5. The average molecular weight is 309 g/mol. The van der Waals surface area contributed by atoms with Gasteiger partial charge in [-0.3, -0.25) is 0 Å². The van der Waals surface area contributed by atoms with Gasteiger partial charge in [-0.15, -0.1) is 0 Å². The maximum atomic E-state index is 12.5. The highest BCUT2D eigenvalue weighted by molar-refractivity contribution is 7.89. The molecule has 3 N–H and O–H groups in total. The normalized spacial score (nSPS) is 11.8. The summed E-state index contributed by atoms with van der Waals surface area (Å²) in [6.07, 6.45) is 0. The quantitative estimate of drug-likeness (QED) is 0.841. The van der Waals surface area contributed by atoms with Crippen molar-refractivity contribution < 1.29 is 12.9 Å². The lowest BCUT2D eigenvalue weighted by Gasteiger charge is -2.13. The number of nitrogens with one attached hydrogen (secondary N) is 1. The van der Waals surface area contributed by atoms with E-state index in [1.165, 1.54) is 0 Å². The zero-order valence-electron chi connectivity index (χ0n) is 12.5. The Hall–Kier alpha value is -1.86. The zero-order valence-corrected chi connectivity index (χ0v) is 13.3. The van der Waals surface area contributed by atoms with Crippen LogP contribution in [0.2, 0.25) is 0 Å². The Morgan fingerprint density at radius 2 is 1.90 bits per heavy atom. The van der Waals surface area contributed by atoms with Crippen molar-refractivity contribution in [3.63, 3.8) is 0 Å². The fourth-order valence-electron chi connectivity index (χ4n) is 2.25. The molecule has 0 spiro atoms. The van der Waals surface area contributed by atoms with Crippen molar-refractivity contribution in [3.8, 4) is 0 Å². The third kappa shape index (κ3) is 2.93. The molecule has 0 aliphatic rings. The van der Waals surface area contributed by atoms with Crippen LogP contribution in [0.4, 0.5) is 5.69 Å². The van der Waals surface area contributed by atoms with Gasteiger partial charge in [0.15, 0.2) is 0 Å². The van der Waals surface area contributed by atoms with Gasteiger partial charge < -0.3 is 10.3 Å². The predicted molar refractivity (Wildman–Crippen MR) is 80.3 cm³/mol. The fraction of sp³-hybridized carbons (Fsp3) is 0.357. The van der Waals surface area contributed by atoms with E-state index in [1.807, 2.05) is 0 Å². The highest BCUT2D eigenvalue weighted by Crippen LogP contribution is 2.25. The predicted octanol–water partition coefficient (Wildman–Crippen LogP) is 1.97. The molecule has 0 fully saturated rings. The Bertz CT molecular complexity index is 760. The first-order valence-corrected chi connectivity index (χ1v) is 7.99. The van der Waals surface area contributed by atoms with Crippen molar-refractivity contribution in [2.75, 3.05) is 5.73 Å². The number of aryl methyl sites for hydroxylation is 3. The van der Waals surface area contributed by atoms with Crippen LogP contribution in [0.25, 0.3) is 0 Å². The second kappa shape index (κ2) is 5.50. The highest BCUT2D eigenvalue weighted by atomic mass is 32.2. The average Bonchev–Trinajstić information content (AvgIpc) is 2.71. The minimum Gasteiger partial charge on any atom is -0.398 e. The minimum absolute atomic E-state index is 0.136. The SMILES string of the molecule is Cc1ccc(N)c(C)c1S(=O)(=O)NCc1c(C)noc1C. The third-order valence-corrected chi connectivity index (χ3v) is 5.22. The standard InChI is InChI=1S/C14H19N3O3S/c1-8-5-6-13(15)9(2)14(8)21(18,19)16-7-12-10(3)17-20-11(12)4/h5-6,16H,7,15H2,1-4H3. The summed E-state index contributed by atoms with van der Waals surface area (Å²) in [7, 11) is -3.65. The monoisotopic (exact) mass is 309 g/mol. The van der Waals surface area contributed by atoms with Gasteiger partial charge in [-0.2, -0.15) is 0 Å². The Labute approximate surface area is 124 Å². The number of nitrogens with zero attached hydrogens (tertiary/aromatic N) is 1. The summed E-state index contributed by atoms with van der Waals surface area (Å²) in [5.74, 6) is 0.608. The Balaban J connectivity index is 2.34. The summed E-state index contributed by atoms with van der Waals surface area (Å²) in [6.45, 7) is 7.11. The molecule has 7 heteroatoms. The summed E-state index contributed by atoms with van der Waals surface area (Å²) in [5.41, 5.74) is 8.91. The zero-order chi connectivity index (χ0) is 15.8. The van der Waals surface area contributed by atoms with Crippen LogP contribution < -0.4 is 10.5 Å². The van der Waals surface area contributed by atoms with E-state index in [2.05, 4.69) is 9.88 Å². The molecule has 0 aliphatic carbocycles. The largest absolute Gasteiger partial charge is 0.398 e. The molecule has 0 unspecified atom stereocenters. The number of aromatic nitrogens is 1. The summed E-state index contributed by atoms with van der Waals surface area (Å²) >= 11 is 0. The number of hydrogen-bond donors (Lipinski definition) is 2. The minimum atomic E-state index is -3.65. The van der Waals surface area contributed by atoms with Crippen LogP contribution in [-0.4, -0.2) is 13.6 Å². The molecule has 2 aromatic rings. The molecule has 1 aromatic heterocycles. The summed E-state index contributed by atoms with van der Waals surface area (Å²) < 4.78 is 32.7. The van der Waals surface area contributed by atoms with Gasteiger partial charge in [-0.1, -0.05) is 11.2 Å². The number of nitrogens with two attached hydrogens (primary N) is 1. The molecule has 0 radical (unpaired) electrons. The number of anilines is 1. The van der Waals surface area contributed by atoms with E-state index in [0.717, 1.165) is 5.56 Å². The fourth-order valence-corrected chi connectivity index (χ4v) is 3.74. The van der Waals surface area contributed by atoms with Crippen molar-refractivity contribution >= 4 is 15.7 Å². The second-order valence-electron chi connectivity index (χ2n) is 5.05. The molecule has 0 atom stereocenters. The van der Waals surface area contributed by atoms with E-state index in [9.17, 15) is 8.42 Å². The van der Waals surface area contributed by atoms with E-state index in [4.69, 9.17) is 10.3 Å². The van der Waals surface area contributed by atoms with E-state index < -0.39 is 10.0 Å². The number of hydrogen-bond acceptors (Lipinski definition) is 5. The lowest BCUT2D eigenvalue weighted by molar-refractivity contribution is 0.392. The van der Waals surface area contributed by atoms with Crippen LogP contribution in [0.5, 0.6) is 0 Å². The molecule has 1 heterocycles. The topological polar surface area (TPSA) is 98.2 Å². The van der Waals surface area contributed by atoms with Crippen molar-refractivity contribution in [2.45, 2.75) is 39.1 Å². The highest BCUT2D eigenvalue weighted by Gasteiger charge is 2.21. The molecular formula is C14H19N3O3S. The molecule has 114 valence electrons. The number of nitrogen functional groups attached to an aromatic ring is 1. The van der Waals surface area contributed by atoms with Gasteiger partial charge >= 0.3 is 0 Å². The van der Waals surface area contributed by atoms with Crippen LogP contribution in [0.15, 0.2) is 21.6 Å². The van der Waals surface area contributed by atoms with Gasteiger partial charge in [0.2, 0.25) is 10.0 Å². The van der Waals surface area contributed by atoms with Gasteiger partial charge in [-0.25, -0.2) is 13.1 Å². The van der Waals surface area contributed by atoms with Gasteiger partial charge in [0.05, 0.1) is 10.6 Å². The van der Waals surface area contributed by atoms with Crippen LogP contribution >= 0.6 is 0 Å². The first-order chi connectivity index (χ1) is 9.74. The molecule has 2 rings (SSSR count). The Morgan fingerprint density at radius 1 is 1.24 bits per heavy atom. The first-order valence-electron chi connectivity index (χ1n) is 6.51. The van der Waals surface area contributed by atoms with Gasteiger partial charge in [0.1, 0.15) is 5.76 Å². The molecule has 0 bridgehead atoms. The summed E-state index contributed by atoms with van der Waals surface area (Å²) in [6, 6.07) is 3.41. The molecule has 0 aliphatic heterocycles. The van der Waals surface area contributed by atoms with Gasteiger partial charge in [0, 0.05) is 17.8 Å². The maximum absolute atomic E-state index is 12.5. The van der Waals surface area contributed by atoms with Crippen molar-refractivity contribution in [1.82, 2.24) is 9.88 Å². The third-order valence-electron chi connectivity index (χ3n) is 3.53. The van der Waals surface area contributed by atoms with Crippen LogP contribution in [0.3, 0.4) is 0 Å².